The van der Waals surface area contributed by atoms with Crippen molar-refractivity contribution in [1.82, 2.24) is 0 Å². The molecule has 8 aliphatic carbocycles. The third-order valence-electron chi connectivity index (χ3n) is 17.0. The van der Waals surface area contributed by atoms with Gasteiger partial charge in [-0.3, -0.25) is 19.2 Å². The van der Waals surface area contributed by atoms with Gasteiger partial charge in [-0.1, -0.05) is 51.0 Å². The zero-order valence-electron chi connectivity index (χ0n) is 32.5. The van der Waals surface area contributed by atoms with Crippen LogP contribution in [0.5, 0.6) is 0 Å². The first-order chi connectivity index (χ1) is 25.2. The third kappa shape index (κ3) is 5.03. The molecule has 10 heteroatoms. The van der Waals surface area contributed by atoms with E-state index in [1.54, 1.807) is 26.0 Å². The summed E-state index contributed by atoms with van der Waals surface area (Å²) in [5.41, 5.74) is -5.17. The highest BCUT2D eigenvalue weighted by Gasteiger charge is 2.73. The molecule has 0 aromatic rings. The lowest BCUT2D eigenvalue weighted by Crippen LogP contribution is -2.66. The number of aliphatic hydroxyl groups excluding tert-OH is 4. The van der Waals surface area contributed by atoms with Crippen molar-refractivity contribution < 1.29 is 48.4 Å². The number of Topliss-reactive ketones (excluding diaryl/α,β-unsaturated/α-hetero) is 2. The maximum Gasteiger partial charge on any atom is 0.178 e. The Balaban J connectivity index is 0.000000167. The number of carbonyl (C=O) groups excluding carboxylic acids is 4. The van der Waals surface area contributed by atoms with Gasteiger partial charge in [0.2, 0.25) is 0 Å². The van der Waals surface area contributed by atoms with Crippen LogP contribution in [0, 0.1) is 69.0 Å². The molecule has 1 unspecified atom stereocenters. The number of alkyl halides is 2. The molecule has 296 valence electrons. The van der Waals surface area contributed by atoms with Crippen molar-refractivity contribution in [3.8, 4) is 0 Å². The van der Waals surface area contributed by atoms with Crippen molar-refractivity contribution >= 4 is 23.1 Å². The van der Waals surface area contributed by atoms with Gasteiger partial charge in [0.25, 0.3) is 0 Å². The van der Waals surface area contributed by atoms with E-state index in [9.17, 15) is 39.6 Å². The molecule has 6 fully saturated rings. The lowest BCUT2D eigenvalue weighted by atomic mass is 9.45. The molecule has 0 radical (unpaired) electrons. The van der Waals surface area contributed by atoms with Crippen molar-refractivity contribution in [2.45, 2.75) is 116 Å². The third-order valence-corrected chi connectivity index (χ3v) is 17.0. The summed E-state index contributed by atoms with van der Waals surface area (Å²) in [6.07, 6.45) is 11.1. The van der Waals surface area contributed by atoms with E-state index in [4.69, 9.17) is 0 Å². The highest BCUT2D eigenvalue weighted by Crippen LogP contribution is 2.71. The molecule has 54 heavy (non-hydrogen) atoms. The quantitative estimate of drug-likeness (QED) is 0.292. The Hall–Kier alpha value is -2.66. The van der Waals surface area contributed by atoms with Gasteiger partial charge in [0.05, 0.1) is 12.2 Å². The minimum Gasteiger partial charge on any atom is -0.390 e. The summed E-state index contributed by atoms with van der Waals surface area (Å²) < 4.78 is 33.6. The molecule has 0 aromatic carbocycles. The Bertz CT molecular complexity index is 1640. The van der Waals surface area contributed by atoms with Crippen LogP contribution in [0.25, 0.3) is 0 Å². The highest BCUT2D eigenvalue weighted by atomic mass is 19.1. The van der Waals surface area contributed by atoms with Crippen LogP contribution in [-0.4, -0.2) is 80.3 Å². The second-order valence-electron chi connectivity index (χ2n) is 19.3. The van der Waals surface area contributed by atoms with Crippen LogP contribution in [0.15, 0.2) is 47.6 Å². The van der Waals surface area contributed by atoms with Crippen molar-refractivity contribution in [2.75, 3.05) is 13.2 Å². The number of allylic oxidation sites excluding steroid dienone is 8. The molecule has 0 saturated heterocycles. The second kappa shape index (κ2) is 12.9. The average molecular weight is 753 g/mol. The molecular formula is C44H58F2O8. The first-order valence-corrected chi connectivity index (χ1v) is 20.1. The summed E-state index contributed by atoms with van der Waals surface area (Å²) in [6.45, 7) is 10.6. The lowest BCUT2D eigenvalue weighted by Gasteiger charge is -2.62. The van der Waals surface area contributed by atoms with Gasteiger partial charge in [-0.2, -0.15) is 0 Å². The van der Waals surface area contributed by atoms with Crippen molar-refractivity contribution in [1.29, 1.82) is 0 Å². The maximum atomic E-state index is 16.8. The fourth-order valence-electron chi connectivity index (χ4n) is 14.7. The van der Waals surface area contributed by atoms with E-state index < -0.39 is 58.4 Å². The first kappa shape index (κ1) is 39.6. The van der Waals surface area contributed by atoms with Gasteiger partial charge in [0.15, 0.2) is 34.5 Å². The number of ketones is 4. The summed E-state index contributed by atoms with van der Waals surface area (Å²) in [4.78, 5) is 48.6. The van der Waals surface area contributed by atoms with Gasteiger partial charge in [-0.05, 0) is 124 Å². The fraction of sp³-hybridized carbons (Fsp3) is 0.727. The molecule has 0 aromatic heterocycles. The smallest absolute Gasteiger partial charge is 0.178 e. The zero-order valence-corrected chi connectivity index (χ0v) is 32.5. The van der Waals surface area contributed by atoms with Crippen LogP contribution < -0.4 is 0 Å². The van der Waals surface area contributed by atoms with Gasteiger partial charge in [0, 0.05) is 34.5 Å². The van der Waals surface area contributed by atoms with Crippen molar-refractivity contribution in [3.63, 3.8) is 0 Å². The van der Waals surface area contributed by atoms with E-state index >= 15 is 8.78 Å². The molecule has 8 nitrogen and oxygen atoms in total. The predicted molar refractivity (Wildman–Crippen MR) is 197 cm³/mol. The molecule has 8 aliphatic rings. The van der Waals surface area contributed by atoms with Gasteiger partial charge in [-0.25, -0.2) is 8.78 Å². The molecule has 8 rings (SSSR count). The topological polar surface area (TPSA) is 149 Å². The van der Waals surface area contributed by atoms with Crippen LogP contribution in [0.1, 0.15) is 92.9 Å². The Morgan fingerprint density at radius 2 is 1.02 bits per heavy atom. The molecular weight excluding hydrogens is 694 g/mol. The standard InChI is InChI=1S/2C22H29FO4/c2*1-12-8-16-15-5-4-13-9-14(25)6-7-21(13,3)22(15,23)18(27)10-20(16,2)19(12)17(26)11-24/h2*6-7,9,12,15-16,18-19,24,27H,4-5,8,10-11H2,1-3H3/t12-,15+,16+,18?,19-,20+,21+,22+;12-,15+,16+,18+,19-,20+,21+,22+/m11/s1. The van der Waals surface area contributed by atoms with Gasteiger partial charge < -0.3 is 20.4 Å². The lowest BCUT2D eigenvalue weighted by molar-refractivity contribution is -0.196. The van der Waals surface area contributed by atoms with Gasteiger partial charge >= 0.3 is 0 Å². The van der Waals surface area contributed by atoms with E-state index in [-0.39, 0.29) is 83.3 Å². The summed E-state index contributed by atoms with van der Waals surface area (Å²) in [6, 6.07) is 0. The SMILES string of the molecule is C[C@@H]1C[C@H]2[C@@H]3CCC4=CC(=O)C=C[C@]4(C)[C@@]3(F)C(O)C[C@]2(C)[C@H]1C(=O)CO.C[C@@H]1C[C@H]2[C@@H]3CCC4=CC(=O)C=C[C@]4(C)[C@@]3(F)[C@@H](O)C[C@]2(C)[C@H]1C(=O)CO. The molecule has 4 N–H and O–H groups in total. The monoisotopic (exact) mass is 752 g/mol. The maximum absolute atomic E-state index is 16.8. The second-order valence-corrected chi connectivity index (χ2v) is 19.3. The van der Waals surface area contributed by atoms with Crippen molar-refractivity contribution in [3.05, 3.63) is 47.6 Å². The number of carbonyl (C=O) groups is 4. The van der Waals surface area contributed by atoms with E-state index in [1.165, 1.54) is 24.3 Å². The van der Waals surface area contributed by atoms with Crippen molar-refractivity contribution in [2.24, 2.45) is 69.0 Å². The number of fused-ring (bicyclic) bond motifs is 10. The number of hydrogen-bond donors (Lipinski definition) is 4. The number of hydrogen-bond acceptors (Lipinski definition) is 8. The summed E-state index contributed by atoms with van der Waals surface area (Å²) in [5, 5.41) is 41.1. The number of aliphatic hydroxyl groups is 4. The Labute approximate surface area is 317 Å². The molecule has 0 bridgehead atoms. The van der Waals surface area contributed by atoms with E-state index in [0.717, 1.165) is 24.0 Å². The van der Waals surface area contributed by atoms with E-state index in [0.29, 0.717) is 25.7 Å². The van der Waals surface area contributed by atoms with Gasteiger partial charge in [0.1, 0.15) is 13.2 Å². The number of rotatable bonds is 4. The molecule has 0 amide bonds. The zero-order chi connectivity index (χ0) is 39.6. The molecule has 6 saturated carbocycles. The normalized spacial score (nSPS) is 51.3. The molecule has 0 spiro atoms. The fourth-order valence-corrected chi connectivity index (χ4v) is 14.7. The summed E-state index contributed by atoms with van der Waals surface area (Å²) in [7, 11) is 0. The van der Waals surface area contributed by atoms with Gasteiger partial charge in [-0.15, -0.1) is 0 Å². The Morgan fingerprint density at radius 1 is 0.667 bits per heavy atom. The first-order valence-electron chi connectivity index (χ1n) is 20.1. The molecule has 16 atom stereocenters. The van der Waals surface area contributed by atoms with Crippen LogP contribution in [0.2, 0.25) is 0 Å². The van der Waals surface area contributed by atoms with E-state index in [2.05, 4.69) is 0 Å². The van der Waals surface area contributed by atoms with Crippen LogP contribution >= 0.6 is 0 Å². The van der Waals surface area contributed by atoms with Crippen LogP contribution in [-0.2, 0) is 19.2 Å². The predicted octanol–water partition coefficient (Wildman–Crippen LogP) is 5.56. The average Bonchev–Trinajstić information content (AvgIpc) is 3.53. The van der Waals surface area contributed by atoms with Crippen LogP contribution in [0.3, 0.4) is 0 Å². The highest BCUT2D eigenvalue weighted by molar-refractivity contribution is 6.02. The minimum absolute atomic E-state index is 0.0224. The van der Waals surface area contributed by atoms with E-state index in [1.807, 2.05) is 27.7 Å². The molecule has 0 heterocycles. The Morgan fingerprint density at radius 3 is 1.35 bits per heavy atom. The minimum atomic E-state index is -1.85. The summed E-state index contributed by atoms with van der Waals surface area (Å²) >= 11 is 0. The number of halogens is 2. The molecule has 0 aliphatic heterocycles. The van der Waals surface area contributed by atoms with Crippen LogP contribution in [0.4, 0.5) is 8.78 Å². The Kier molecular flexibility index (Phi) is 9.48. The summed E-state index contributed by atoms with van der Waals surface area (Å²) in [5.74, 6) is -2.00. The largest absolute Gasteiger partial charge is 0.390 e.